The second-order valence-electron chi connectivity index (χ2n) is 3.74. The van der Waals surface area contributed by atoms with Crippen LogP contribution < -0.4 is 5.43 Å². The van der Waals surface area contributed by atoms with Crippen LogP contribution in [0.2, 0.25) is 0 Å². The molecule has 0 saturated carbocycles. The minimum atomic E-state index is -0.601. The molecule has 94 valence electrons. The quantitative estimate of drug-likeness (QED) is 0.683. The lowest BCUT2D eigenvalue weighted by molar-refractivity contribution is 0.567. The molecule has 0 amide bonds. The Hall–Kier alpha value is -1.82. The molecule has 1 aromatic carbocycles. The van der Waals surface area contributed by atoms with Crippen LogP contribution in [0, 0.1) is 25.5 Å². The molecule has 0 saturated heterocycles. The van der Waals surface area contributed by atoms with Crippen LogP contribution in [-0.2, 0) is 0 Å². The average Bonchev–Trinajstić information content (AvgIpc) is 2.75. The van der Waals surface area contributed by atoms with E-state index >= 15 is 0 Å². The van der Waals surface area contributed by atoms with Crippen molar-refractivity contribution in [3.8, 4) is 0 Å². The van der Waals surface area contributed by atoms with E-state index < -0.39 is 11.6 Å². The van der Waals surface area contributed by atoms with E-state index in [0.29, 0.717) is 5.13 Å². The van der Waals surface area contributed by atoms with E-state index in [2.05, 4.69) is 15.5 Å². The van der Waals surface area contributed by atoms with E-state index in [1.54, 1.807) is 0 Å². The molecule has 0 aliphatic carbocycles. The maximum absolute atomic E-state index is 13.6. The highest BCUT2D eigenvalue weighted by molar-refractivity contribution is 7.13. The SMILES string of the molecule is Cc1csc(NN=Cc2ccc(F)c(C)c2F)n1. The molecule has 0 bridgehead atoms. The summed E-state index contributed by atoms with van der Waals surface area (Å²) >= 11 is 1.40. The molecule has 0 unspecified atom stereocenters. The number of rotatable bonds is 3. The monoisotopic (exact) mass is 267 g/mol. The van der Waals surface area contributed by atoms with Crippen molar-refractivity contribution in [3.63, 3.8) is 0 Å². The first kappa shape index (κ1) is 12.6. The van der Waals surface area contributed by atoms with E-state index in [-0.39, 0.29) is 11.1 Å². The van der Waals surface area contributed by atoms with Crippen molar-refractivity contribution in [1.29, 1.82) is 0 Å². The highest BCUT2D eigenvalue weighted by Gasteiger charge is 2.07. The van der Waals surface area contributed by atoms with Crippen molar-refractivity contribution in [3.05, 3.63) is 46.0 Å². The van der Waals surface area contributed by atoms with E-state index in [4.69, 9.17) is 0 Å². The predicted molar refractivity (Wildman–Crippen MR) is 69.2 cm³/mol. The van der Waals surface area contributed by atoms with Gasteiger partial charge in [0.2, 0.25) is 5.13 Å². The molecule has 1 aromatic heterocycles. The van der Waals surface area contributed by atoms with Crippen LogP contribution in [0.1, 0.15) is 16.8 Å². The number of hydrazone groups is 1. The van der Waals surface area contributed by atoms with Gasteiger partial charge in [-0.15, -0.1) is 11.3 Å². The number of halogens is 2. The Morgan fingerprint density at radius 3 is 2.78 bits per heavy atom. The van der Waals surface area contributed by atoms with Gasteiger partial charge in [0.15, 0.2) is 0 Å². The minimum Gasteiger partial charge on any atom is -0.253 e. The fourth-order valence-corrected chi connectivity index (χ4v) is 1.98. The third-order valence-electron chi connectivity index (χ3n) is 2.33. The molecular weight excluding hydrogens is 256 g/mol. The van der Waals surface area contributed by atoms with Crippen LogP contribution in [0.3, 0.4) is 0 Å². The molecule has 0 fully saturated rings. The fraction of sp³-hybridized carbons (Fsp3) is 0.167. The third kappa shape index (κ3) is 2.70. The average molecular weight is 267 g/mol. The van der Waals surface area contributed by atoms with Gasteiger partial charge in [-0.25, -0.2) is 13.8 Å². The first-order valence-electron chi connectivity index (χ1n) is 5.23. The highest BCUT2D eigenvalue weighted by Crippen LogP contribution is 2.16. The summed E-state index contributed by atoms with van der Waals surface area (Å²) in [5.74, 6) is -1.16. The van der Waals surface area contributed by atoms with Crippen LogP contribution in [0.4, 0.5) is 13.9 Å². The number of aryl methyl sites for hydroxylation is 1. The zero-order chi connectivity index (χ0) is 13.1. The number of hydrogen-bond donors (Lipinski definition) is 1. The van der Waals surface area contributed by atoms with Crippen molar-refractivity contribution >= 4 is 22.7 Å². The van der Waals surface area contributed by atoms with Gasteiger partial charge in [0.05, 0.1) is 11.9 Å². The molecule has 0 atom stereocenters. The van der Waals surface area contributed by atoms with Crippen molar-refractivity contribution in [2.75, 3.05) is 5.43 Å². The Balaban J connectivity index is 2.12. The molecule has 2 rings (SSSR count). The van der Waals surface area contributed by atoms with Crippen LogP contribution in [0.15, 0.2) is 22.6 Å². The van der Waals surface area contributed by atoms with Crippen molar-refractivity contribution in [2.24, 2.45) is 5.10 Å². The molecule has 1 N–H and O–H groups in total. The number of thiazole rings is 1. The molecule has 3 nitrogen and oxygen atoms in total. The Kier molecular flexibility index (Phi) is 3.66. The number of anilines is 1. The second kappa shape index (κ2) is 5.22. The predicted octanol–water partition coefficient (Wildman–Crippen LogP) is 3.48. The summed E-state index contributed by atoms with van der Waals surface area (Å²) in [6, 6.07) is 2.56. The second-order valence-corrected chi connectivity index (χ2v) is 4.60. The third-order valence-corrected chi connectivity index (χ3v) is 3.20. The van der Waals surface area contributed by atoms with Crippen molar-refractivity contribution in [2.45, 2.75) is 13.8 Å². The number of nitrogens with zero attached hydrogens (tertiary/aromatic N) is 2. The summed E-state index contributed by atoms with van der Waals surface area (Å²) in [6.45, 7) is 3.26. The van der Waals surface area contributed by atoms with Crippen molar-refractivity contribution in [1.82, 2.24) is 4.98 Å². The zero-order valence-electron chi connectivity index (χ0n) is 9.87. The fourth-order valence-electron chi connectivity index (χ4n) is 1.34. The summed E-state index contributed by atoms with van der Waals surface area (Å²) in [5.41, 5.74) is 3.80. The molecule has 0 aliphatic heterocycles. The standard InChI is InChI=1S/C12H11F2N3S/c1-7-6-18-12(16-7)17-15-5-9-3-4-10(13)8(2)11(9)14/h3-6H,1-2H3,(H,16,17). The Labute approximate surface area is 107 Å². The Morgan fingerprint density at radius 2 is 2.11 bits per heavy atom. The van der Waals surface area contributed by atoms with Crippen LogP contribution in [0.25, 0.3) is 0 Å². The van der Waals surface area contributed by atoms with Gasteiger partial charge < -0.3 is 0 Å². The smallest absolute Gasteiger partial charge is 0.203 e. The first-order valence-corrected chi connectivity index (χ1v) is 6.11. The molecule has 0 spiro atoms. The largest absolute Gasteiger partial charge is 0.253 e. The van der Waals surface area contributed by atoms with Crippen LogP contribution in [-0.4, -0.2) is 11.2 Å². The Morgan fingerprint density at radius 1 is 1.33 bits per heavy atom. The zero-order valence-corrected chi connectivity index (χ0v) is 10.7. The number of aromatic nitrogens is 1. The van der Waals surface area contributed by atoms with E-state index in [0.717, 1.165) is 5.69 Å². The molecule has 0 aliphatic rings. The number of hydrogen-bond acceptors (Lipinski definition) is 4. The molecule has 6 heteroatoms. The molecule has 2 aromatic rings. The maximum atomic E-state index is 13.6. The normalized spacial score (nSPS) is 11.1. The number of nitrogens with one attached hydrogen (secondary N) is 1. The molecular formula is C12H11F2N3S. The molecule has 0 radical (unpaired) electrons. The van der Waals surface area contributed by atoms with Gasteiger partial charge in [-0.1, -0.05) is 0 Å². The van der Waals surface area contributed by atoms with Gasteiger partial charge in [0.25, 0.3) is 0 Å². The van der Waals surface area contributed by atoms with Gasteiger partial charge in [0, 0.05) is 16.5 Å². The van der Waals surface area contributed by atoms with E-state index in [9.17, 15) is 8.78 Å². The summed E-state index contributed by atoms with van der Waals surface area (Å²) in [5, 5.41) is 6.37. The van der Waals surface area contributed by atoms with Gasteiger partial charge in [-0.05, 0) is 26.0 Å². The Bertz CT molecular complexity index is 593. The highest BCUT2D eigenvalue weighted by atomic mass is 32.1. The van der Waals surface area contributed by atoms with Gasteiger partial charge in [0.1, 0.15) is 11.6 Å². The first-order chi connectivity index (χ1) is 8.58. The lowest BCUT2D eigenvalue weighted by Gasteiger charge is -2.01. The maximum Gasteiger partial charge on any atom is 0.203 e. The van der Waals surface area contributed by atoms with Gasteiger partial charge >= 0.3 is 0 Å². The van der Waals surface area contributed by atoms with Crippen LogP contribution >= 0.6 is 11.3 Å². The summed E-state index contributed by atoms with van der Waals surface area (Å²) in [6.07, 6.45) is 1.30. The summed E-state index contributed by atoms with van der Waals surface area (Å²) in [4.78, 5) is 4.14. The lowest BCUT2D eigenvalue weighted by atomic mass is 10.1. The lowest BCUT2D eigenvalue weighted by Crippen LogP contribution is -1.97. The summed E-state index contributed by atoms with van der Waals surface area (Å²) < 4.78 is 26.7. The van der Waals surface area contributed by atoms with Crippen molar-refractivity contribution < 1.29 is 8.78 Å². The molecule has 18 heavy (non-hydrogen) atoms. The minimum absolute atomic E-state index is 0.0101. The van der Waals surface area contributed by atoms with E-state index in [1.807, 2.05) is 12.3 Å². The van der Waals surface area contributed by atoms with Gasteiger partial charge in [-0.2, -0.15) is 5.10 Å². The van der Waals surface area contributed by atoms with E-state index in [1.165, 1.54) is 36.6 Å². The molecule has 1 heterocycles. The topological polar surface area (TPSA) is 37.3 Å². The van der Waals surface area contributed by atoms with Gasteiger partial charge in [-0.3, -0.25) is 5.43 Å². The summed E-state index contributed by atoms with van der Waals surface area (Å²) in [7, 11) is 0. The van der Waals surface area contributed by atoms with Crippen LogP contribution in [0.5, 0.6) is 0 Å². The number of benzene rings is 1.